The maximum atomic E-state index is 11.9. The summed E-state index contributed by atoms with van der Waals surface area (Å²) in [5.74, 6) is 0. The van der Waals surface area contributed by atoms with E-state index in [1.54, 1.807) is 0 Å². The van der Waals surface area contributed by atoms with Gasteiger partial charge in [0.15, 0.2) is 62.9 Å². The maximum absolute atomic E-state index is 11.9. The summed E-state index contributed by atoms with van der Waals surface area (Å²) in [5.41, 5.74) is 0. The number of hydrogen-bond donors (Lipinski definition) is 32. The lowest BCUT2D eigenvalue weighted by Crippen LogP contribution is -2.69. The topological polar surface area (TPSA) is 823 Å². The Bertz CT molecular complexity index is 2790. The van der Waals surface area contributed by atoms with Crippen molar-refractivity contribution in [2.75, 3.05) is 66.1 Å². The van der Waals surface area contributed by atoms with Crippen LogP contribution in [-0.4, -0.2) is 537 Å². The van der Waals surface area contributed by atoms with E-state index in [0.29, 0.717) is 0 Å². The van der Waals surface area contributed by atoms with Crippen molar-refractivity contribution in [2.24, 2.45) is 0 Å². The first-order valence-corrected chi connectivity index (χ1v) is 35.2. The Morgan fingerprint density at radius 2 is 0.261 bits per heavy atom. The summed E-state index contributed by atoms with van der Waals surface area (Å²) in [7, 11) is 0. The fraction of sp³-hybridized carbons (Fsp3) is 1.00. The van der Waals surface area contributed by atoms with Crippen LogP contribution in [0.5, 0.6) is 0 Å². The summed E-state index contributed by atoms with van der Waals surface area (Å²) in [6, 6.07) is 0. The fourth-order valence-corrected chi connectivity index (χ4v) is 14.4. The van der Waals surface area contributed by atoms with Crippen LogP contribution in [0, 0.1) is 0 Å². The van der Waals surface area contributed by atoms with Crippen LogP contribution in [0.2, 0.25) is 0 Å². The van der Waals surface area contributed by atoms with Gasteiger partial charge in [-0.05, 0) is 0 Å². The number of ether oxygens (including phenoxy) is 19. The van der Waals surface area contributed by atoms with Crippen LogP contribution < -0.4 is 0 Å². The fourth-order valence-electron chi connectivity index (χ4n) is 14.4. The lowest BCUT2D eigenvalue weighted by Gasteiger charge is -2.50. The molecule has 10 heterocycles. The molecule has 0 bridgehead atoms. The van der Waals surface area contributed by atoms with Gasteiger partial charge in [0.05, 0.1) is 66.1 Å². The van der Waals surface area contributed by atoms with E-state index in [0.717, 1.165) is 0 Å². The van der Waals surface area contributed by atoms with Gasteiger partial charge in [0, 0.05) is 0 Å². The molecule has 32 N–H and O–H groups in total. The third-order valence-electron chi connectivity index (χ3n) is 20.9. The molecular weight excluding hydrogens is 1540 g/mol. The molecule has 0 aliphatic carbocycles. The first-order valence-electron chi connectivity index (χ1n) is 35.2. The molecule has 10 aliphatic heterocycles. The molecule has 0 radical (unpaired) electrons. The lowest BCUT2D eigenvalue weighted by atomic mass is 9.94. The normalized spacial score (nSPS) is 53.7. The summed E-state index contributed by atoms with van der Waals surface area (Å²) >= 11 is 0. The first kappa shape index (κ1) is 91.3. The zero-order chi connectivity index (χ0) is 81.4. The van der Waals surface area contributed by atoms with E-state index >= 15 is 0 Å². The molecule has 10 aliphatic rings. The summed E-state index contributed by atoms with van der Waals surface area (Å²) in [6.07, 6.45) is -106. The third-order valence-corrected chi connectivity index (χ3v) is 20.9. The van der Waals surface area contributed by atoms with Gasteiger partial charge in [-0.25, -0.2) is 0 Å². The van der Waals surface area contributed by atoms with Crippen LogP contribution in [0.25, 0.3) is 0 Å². The van der Waals surface area contributed by atoms with E-state index in [1.807, 2.05) is 0 Å². The van der Waals surface area contributed by atoms with Gasteiger partial charge < -0.3 is 253 Å². The largest absolute Gasteiger partial charge is 0.394 e. The van der Waals surface area contributed by atoms with Crippen molar-refractivity contribution >= 4 is 0 Å². The highest BCUT2D eigenvalue weighted by molar-refractivity contribution is 5.04. The summed E-state index contributed by atoms with van der Waals surface area (Å²) in [6.45, 7) is -10.9. The number of aliphatic hydroxyl groups is 32. The van der Waals surface area contributed by atoms with Gasteiger partial charge >= 0.3 is 0 Å². The van der Waals surface area contributed by atoms with Gasteiger partial charge in [-0.3, -0.25) is 0 Å². The van der Waals surface area contributed by atoms with Gasteiger partial charge in [0.1, 0.15) is 244 Å². The van der Waals surface area contributed by atoms with Crippen LogP contribution in [0.1, 0.15) is 0 Å². The highest BCUT2D eigenvalue weighted by Crippen LogP contribution is 2.41. The minimum absolute atomic E-state index is 0.916. The molecule has 648 valence electrons. The Balaban J connectivity index is 0.813. The second-order valence-corrected chi connectivity index (χ2v) is 28.0. The molecule has 50 atom stereocenters. The minimum Gasteiger partial charge on any atom is -0.394 e. The average Bonchev–Trinajstić information content (AvgIpc) is 0.769. The molecule has 0 aromatic carbocycles. The second kappa shape index (κ2) is 39.4. The van der Waals surface area contributed by atoms with Crippen molar-refractivity contribution < 1.29 is 253 Å². The van der Waals surface area contributed by atoms with E-state index in [9.17, 15) is 163 Å². The first-order chi connectivity index (χ1) is 52.7. The Morgan fingerprint density at radius 3 is 0.414 bits per heavy atom. The molecule has 0 aromatic heterocycles. The molecule has 10 saturated heterocycles. The molecule has 51 heteroatoms. The molecule has 0 saturated carbocycles. The highest BCUT2D eigenvalue weighted by atomic mass is 16.8. The molecule has 0 aromatic rings. The molecule has 1 unspecified atom stereocenters. The smallest absolute Gasteiger partial charge is 0.187 e. The maximum Gasteiger partial charge on any atom is 0.187 e. The predicted octanol–water partition coefficient (Wildman–Crippen LogP) is -22.8. The van der Waals surface area contributed by atoms with E-state index in [2.05, 4.69) is 0 Å². The van der Waals surface area contributed by atoms with Gasteiger partial charge in [0.25, 0.3) is 0 Å². The van der Waals surface area contributed by atoms with Crippen molar-refractivity contribution in [3.8, 4) is 0 Å². The van der Waals surface area contributed by atoms with Crippen molar-refractivity contribution in [1.29, 1.82) is 0 Å². The van der Waals surface area contributed by atoms with Crippen LogP contribution >= 0.6 is 0 Å². The highest BCUT2D eigenvalue weighted by Gasteiger charge is 2.62. The monoisotopic (exact) mass is 1640 g/mol. The molecule has 0 spiro atoms. The zero-order valence-corrected chi connectivity index (χ0v) is 58.0. The van der Waals surface area contributed by atoms with Crippen LogP contribution in [0.4, 0.5) is 0 Å². The zero-order valence-electron chi connectivity index (χ0n) is 58.0. The standard InChI is InChI=1S/C60H102O51/c61-1-11-21(71)31(81)32(82)52(94-11)104-43-23(73)13(3-63)96-54(34(43)84)106-45-25(75)15(5-65)98-56(36(45)86)108-47-27(77)17(7-67)100-58(38(47)88)110-49-29(79)19(9-69)102-60(40(49)90)111-50-30(80)20(10-70)101-59(41(50)91)109-48-28(78)18(8-68)99-57(39(48)89)107-46-26(76)16(6-66)97-55(37(46)87)105-44-24(74)14(4-64)95-53(35(44)85)103-42-22(72)12(2-62)93-51(92)33(42)83/h11-92H,1-10H2/t11-,12-,13-,14-,15-,16-,17-,18-,19-,20-,21-,22-,23-,24-,25-,26-,27-,28-,29-,30-,31+,32-,33+,34-,35-,36-,37-,38-,39-,40-,41-,42+,43+,44+,45+,46+,47+,48+,49+,50+,51?,52+,53+,54+,55+,56+,57+,58+,59+,60+/m1/s1. The molecule has 10 fully saturated rings. The van der Waals surface area contributed by atoms with E-state index < -0.39 is 373 Å². The molecular formula is C60H102O51. The van der Waals surface area contributed by atoms with Gasteiger partial charge in [0.2, 0.25) is 0 Å². The van der Waals surface area contributed by atoms with E-state index in [4.69, 9.17) is 90.0 Å². The average molecular weight is 1640 g/mol. The Labute approximate surface area is 625 Å². The predicted molar refractivity (Wildman–Crippen MR) is 330 cm³/mol. The van der Waals surface area contributed by atoms with E-state index in [-0.39, 0.29) is 0 Å². The Morgan fingerprint density at radius 1 is 0.135 bits per heavy atom. The number of rotatable bonds is 28. The number of aliphatic hydroxyl groups excluding tert-OH is 32. The summed E-state index contributed by atoms with van der Waals surface area (Å²) < 4.78 is 107. The summed E-state index contributed by atoms with van der Waals surface area (Å²) in [4.78, 5) is 0. The molecule has 0 amide bonds. The van der Waals surface area contributed by atoms with Crippen molar-refractivity contribution in [3.05, 3.63) is 0 Å². The molecule has 51 nitrogen and oxygen atoms in total. The SMILES string of the molecule is OC[C@H]1O[C@@H](O[C@@H]2[C@@H](O)[C@H](O[C@@H]3[C@@H](O)[C@H](O[C@@H]4[C@@H](O)[C@H](O[C@@H]5[C@@H](O)[C@H](O[C@@H]6[C@@H](O)[C@H](O[C@@H]7[C@@H](O)[C@H](O[C@@H]8[C@@H](O)[C@H](O[C@@H]9[C@@H](O)[C@H](O[C@H]%10[C@H](O)[C@@H](CO)OC(O)[C@H]%10O)O[C@H](CO)[C@H]9O)O[C@H](CO)[C@H]8O)O[C@H](CO)[C@H]7O)O[C@H](CO)[C@H]6O)O[C@H](CO)[C@H]5O)O[C@H](CO)[C@H]4O)O[C@H](CO)[C@H]3O)O[C@H](CO)[C@H]2O)[C@H](O)[C@@H](O)[C@@H]1O. The van der Waals surface area contributed by atoms with Gasteiger partial charge in [-0.2, -0.15) is 0 Å². The Hall–Kier alpha value is -2.04. The van der Waals surface area contributed by atoms with Gasteiger partial charge in [-0.1, -0.05) is 0 Å². The van der Waals surface area contributed by atoms with Crippen LogP contribution in [0.3, 0.4) is 0 Å². The lowest BCUT2D eigenvalue weighted by molar-refractivity contribution is -0.403. The van der Waals surface area contributed by atoms with Crippen molar-refractivity contribution in [1.82, 2.24) is 0 Å². The minimum atomic E-state index is -2.46. The van der Waals surface area contributed by atoms with Crippen molar-refractivity contribution in [2.45, 2.75) is 307 Å². The van der Waals surface area contributed by atoms with Crippen LogP contribution in [-0.2, 0) is 90.0 Å². The third kappa shape index (κ3) is 18.8. The van der Waals surface area contributed by atoms with Crippen molar-refractivity contribution in [3.63, 3.8) is 0 Å². The number of hydrogen-bond acceptors (Lipinski definition) is 51. The quantitative estimate of drug-likeness (QED) is 0.0346. The van der Waals surface area contributed by atoms with Gasteiger partial charge in [-0.15, -0.1) is 0 Å². The Kier molecular flexibility index (Phi) is 32.4. The van der Waals surface area contributed by atoms with Crippen LogP contribution in [0.15, 0.2) is 0 Å². The molecule has 111 heavy (non-hydrogen) atoms. The second-order valence-electron chi connectivity index (χ2n) is 28.0. The van der Waals surface area contributed by atoms with E-state index in [1.165, 1.54) is 0 Å². The summed E-state index contributed by atoms with van der Waals surface area (Å²) in [5, 5.41) is 350. The molecule has 10 rings (SSSR count).